The molecular weight excluding hydrogens is 685 g/mol. The van der Waals surface area contributed by atoms with E-state index in [1.807, 2.05) is 18.2 Å². The number of amides is 3. The maximum atomic E-state index is 13.7. The van der Waals surface area contributed by atoms with Crippen LogP contribution in [0.25, 0.3) is 0 Å². The summed E-state index contributed by atoms with van der Waals surface area (Å²) in [5, 5.41) is 37.2. The summed E-state index contributed by atoms with van der Waals surface area (Å²) >= 11 is 0. The molecule has 52 heavy (non-hydrogen) atoms. The van der Waals surface area contributed by atoms with Gasteiger partial charge in [-0.25, -0.2) is 9.59 Å². The molecule has 1 fully saturated rings. The number of rotatable bonds is 12. The summed E-state index contributed by atoms with van der Waals surface area (Å²) in [6.07, 6.45) is -1.64. The van der Waals surface area contributed by atoms with Gasteiger partial charge in [-0.15, -0.1) is 0 Å². The summed E-state index contributed by atoms with van der Waals surface area (Å²) < 4.78 is 37.4. The van der Waals surface area contributed by atoms with Gasteiger partial charge in [0.05, 0.1) is 37.3 Å². The number of nitrogens with one attached hydrogen (secondary N) is 3. The molecule has 1 heterocycles. The molecule has 3 aromatic carbocycles. The number of esters is 1. The van der Waals surface area contributed by atoms with Crippen LogP contribution >= 0.6 is 0 Å². The number of quaternary nitrogens is 1. The number of phenolic OH excluding ortho intramolecular Hbond substituents is 2. The van der Waals surface area contributed by atoms with Crippen molar-refractivity contribution in [2.45, 2.75) is 64.0 Å². The van der Waals surface area contributed by atoms with Crippen molar-refractivity contribution >= 4 is 29.6 Å². The molecule has 280 valence electrons. The number of hydrogen-bond donors (Lipinski definition) is 5. The van der Waals surface area contributed by atoms with Crippen molar-refractivity contribution < 1.29 is 56.9 Å². The average molecular weight is 729 g/mol. The topological polar surface area (TPSA) is 177 Å². The minimum absolute atomic E-state index is 0.108. The number of aliphatic carboxylic acids is 1. The number of halogens is 3. The monoisotopic (exact) mass is 728 g/mol. The van der Waals surface area contributed by atoms with Crippen LogP contribution in [0.15, 0.2) is 85.5 Å². The normalized spacial score (nSPS) is 17.5. The molecule has 0 aromatic heterocycles. The molecule has 1 unspecified atom stereocenters. The van der Waals surface area contributed by atoms with Crippen LogP contribution in [0.3, 0.4) is 0 Å². The van der Waals surface area contributed by atoms with E-state index in [1.165, 1.54) is 0 Å². The number of alkyl halides is 3. The highest BCUT2D eigenvalue weighted by molar-refractivity contribution is 5.95. The Balaban J connectivity index is 0.000000944. The number of aromatic hydroxyl groups is 2. The van der Waals surface area contributed by atoms with Crippen LogP contribution in [0, 0.1) is 0 Å². The van der Waals surface area contributed by atoms with Crippen molar-refractivity contribution in [2.75, 3.05) is 25.0 Å². The van der Waals surface area contributed by atoms with E-state index >= 15 is 0 Å². The van der Waals surface area contributed by atoms with Gasteiger partial charge in [-0.2, -0.15) is 13.2 Å². The predicted molar refractivity (Wildman–Crippen MR) is 184 cm³/mol. The van der Waals surface area contributed by atoms with Gasteiger partial charge in [0.25, 0.3) is 0 Å². The molecule has 3 amide bonds. The molecule has 4 rings (SSSR count). The molecule has 0 bridgehead atoms. The first kappa shape index (κ1) is 40.9. The fourth-order valence-electron chi connectivity index (χ4n) is 5.81. The number of benzene rings is 3. The molecule has 1 aliphatic heterocycles. The number of carbonyl (C=O) groups excluding carboxylic acids is 4. The zero-order valence-corrected chi connectivity index (χ0v) is 28.8. The van der Waals surface area contributed by atoms with E-state index in [0.29, 0.717) is 35.4 Å². The van der Waals surface area contributed by atoms with Gasteiger partial charge in [0.15, 0.2) is 0 Å². The molecule has 12 nitrogen and oxygen atoms in total. The van der Waals surface area contributed by atoms with E-state index in [2.05, 4.69) is 22.5 Å². The zero-order chi connectivity index (χ0) is 38.5. The van der Waals surface area contributed by atoms with E-state index in [0.717, 1.165) is 30.5 Å². The van der Waals surface area contributed by atoms with E-state index in [1.54, 1.807) is 74.5 Å². The maximum absolute atomic E-state index is 13.7. The first-order valence-electron chi connectivity index (χ1n) is 16.5. The quantitative estimate of drug-likeness (QED) is 0.105. The number of likely N-dealkylation sites (tertiary alicyclic amines) is 1. The minimum atomic E-state index is -5.19. The highest BCUT2D eigenvalue weighted by Crippen LogP contribution is 2.25. The predicted octanol–water partition coefficient (Wildman–Crippen LogP) is 4.18. The lowest BCUT2D eigenvalue weighted by Crippen LogP contribution is -2.61. The number of ether oxygens (including phenoxy) is 1. The maximum Gasteiger partial charge on any atom is 0.430 e. The lowest BCUT2D eigenvalue weighted by molar-refractivity contribution is -0.940. The third kappa shape index (κ3) is 13.3. The molecule has 5 N–H and O–H groups in total. The number of phenols is 2. The smallest absolute Gasteiger partial charge is 0.430 e. The second-order valence-electron chi connectivity index (χ2n) is 12.7. The molecule has 3 aromatic rings. The lowest BCUT2D eigenvalue weighted by Gasteiger charge is -2.44. The Morgan fingerprint density at radius 3 is 2.23 bits per heavy atom. The first-order chi connectivity index (χ1) is 24.5. The third-order valence-electron chi connectivity index (χ3n) is 8.03. The second-order valence-corrected chi connectivity index (χ2v) is 12.7. The highest BCUT2D eigenvalue weighted by atomic mass is 19.4. The summed E-state index contributed by atoms with van der Waals surface area (Å²) in [4.78, 5) is 47.7. The molecule has 0 aliphatic carbocycles. The van der Waals surface area contributed by atoms with E-state index in [-0.39, 0.29) is 36.0 Å². The Morgan fingerprint density at radius 1 is 1.00 bits per heavy atom. The van der Waals surface area contributed by atoms with Gasteiger partial charge in [0.1, 0.15) is 30.1 Å². The summed E-state index contributed by atoms with van der Waals surface area (Å²) in [5.41, 5.74) is 2.59. The third-order valence-corrected chi connectivity index (χ3v) is 8.03. The molecular formula is C37H43F3N4O8. The van der Waals surface area contributed by atoms with Crippen LogP contribution < -0.4 is 21.1 Å². The zero-order valence-electron chi connectivity index (χ0n) is 28.8. The number of piperidine rings is 1. The molecule has 0 spiro atoms. The van der Waals surface area contributed by atoms with Crippen molar-refractivity contribution in [1.29, 1.82) is 0 Å². The Hall–Kier alpha value is -5.57. The van der Waals surface area contributed by atoms with Gasteiger partial charge < -0.3 is 45.3 Å². The summed E-state index contributed by atoms with van der Waals surface area (Å²) in [6, 6.07) is 18.5. The molecule has 15 heteroatoms. The Morgan fingerprint density at radius 2 is 1.65 bits per heavy atom. The van der Waals surface area contributed by atoms with Crippen molar-refractivity contribution in [3.05, 3.63) is 102 Å². The summed E-state index contributed by atoms with van der Waals surface area (Å²) in [5.74, 6) is -3.45. The van der Waals surface area contributed by atoms with E-state index < -0.39 is 30.2 Å². The minimum Gasteiger partial charge on any atom is -0.542 e. The Labute approximate surface area is 299 Å². The fraction of sp³-hybridized carbons (Fsp3) is 0.351. The molecule has 3 atom stereocenters. The van der Waals surface area contributed by atoms with Crippen molar-refractivity contribution in [2.24, 2.45) is 0 Å². The fourth-order valence-corrected chi connectivity index (χ4v) is 5.81. The molecule has 0 saturated carbocycles. The molecule has 1 aliphatic rings. The van der Waals surface area contributed by atoms with Crippen LogP contribution in [-0.2, 0) is 27.3 Å². The number of hydrogen-bond acceptors (Lipinski definition) is 8. The van der Waals surface area contributed by atoms with Crippen LogP contribution in [0.5, 0.6) is 11.5 Å². The molecule has 0 radical (unpaired) electrons. The van der Waals surface area contributed by atoms with Crippen LogP contribution in [0.2, 0.25) is 0 Å². The molecule has 1 saturated heterocycles. The van der Waals surface area contributed by atoms with E-state index in [4.69, 9.17) is 14.6 Å². The van der Waals surface area contributed by atoms with E-state index in [9.17, 15) is 37.8 Å². The van der Waals surface area contributed by atoms with Crippen molar-refractivity contribution in [3.8, 4) is 11.5 Å². The number of nitrogens with zero attached hydrogens (tertiary/aromatic N) is 1. The van der Waals surface area contributed by atoms with Crippen molar-refractivity contribution in [3.63, 3.8) is 0 Å². The summed E-state index contributed by atoms with van der Waals surface area (Å²) in [6.45, 7) is 10.5. The van der Waals surface area contributed by atoms with Gasteiger partial charge in [-0.05, 0) is 86.9 Å². The SMILES string of the molecule is C=CC[N+]1(Cc2cccc(O)c2)CCC[C@H](NC(=O)[C@H](Cc2ccc(O)cc2)NC(=O)Nc2ccc(C(=O)OC(C)C)cc2)C1.O=C([O-])C(F)(F)F. The van der Waals surface area contributed by atoms with Gasteiger partial charge in [-0.1, -0.05) is 30.8 Å². The van der Waals surface area contributed by atoms with Crippen LogP contribution in [-0.4, -0.2) is 82.6 Å². The first-order valence-corrected chi connectivity index (χ1v) is 16.5. The van der Waals surface area contributed by atoms with Gasteiger partial charge in [0, 0.05) is 17.7 Å². The number of carboxylic acid groups (broad SMARTS) is 1. The highest BCUT2D eigenvalue weighted by Gasteiger charge is 2.36. The van der Waals surface area contributed by atoms with Crippen molar-refractivity contribution in [1.82, 2.24) is 10.6 Å². The Bertz CT molecular complexity index is 1680. The van der Waals surface area contributed by atoms with Crippen LogP contribution in [0.4, 0.5) is 23.7 Å². The van der Waals surface area contributed by atoms with Crippen LogP contribution in [0.1, 0.15) is 48.2 Å². The lowest BCUT2D eigenvalue weighted by atomic mass is 9.99. The standard InChI is InChI=1S/C35H42N4O6.C2HF3O2/c1-4-18-39(22-26-7-5-9-31(41)20-26)19-6-8-29(23-39)36-33(42)32(21-25-10-16-30(40)17-11-25)38-35(44)37-28-14-12-27(13-15-28)34(43)45-24(2)3;3-2(4,5)1(6)7/h4-5,7,9-17,20,24,29,32H,1,6,8,18-19,21-23H2,2-3H3,(H4-,36,37,38,40,41,42,43,44);(H,6,7)/t29-,32-,39?;/m0./s1. The largest absolute Gasteiger partial charge is 0.542 e. The van der Waals surface area contributed by atoms with Gasteiger partial charge in [0.2, 0.25) is 5.91 Å². The Kier molecular flexibility index (Phi) is 14.6. The average Bonchev–Trinajstić information content (AvgIpc) is 3.05. The van der Waals surface area contributed by atoms with Gasteiger partial charge in [-0.3, -0.25) is 4.79 Å². The van der Waals surface area contributed by atoms with Gasteiger partial charge >= 0.3 is 18.2 Å². The number of anilines is 1. The second kappa shape index (κ2) is 18.6. The number of carbonyl (C=O) groups is 4. The number of urea groups is 1. The number of carboxylic acids is 1. The summed E-state index contributed by atoms with van der Waals surface area (Å²) in [7, 11) is 0.